The number of carbonyl (C=O) groups excluding carboxylic acids is 1. The highest BCUT2D eigenvalue weighted by molar-refractivity contribution is 5.68. The Kier molecular flexibility index (Phi) is 5.85. The normalized spacial score (nSPS) is 26.5. The molecule has 2 aliphatic rings. The fourth-order valence-electron chi connectivity index (χ4n) is 4.33. The molecule has 1 aromatic carbocycles. The first kappa shape index (κ1) is 20.5. The second-order valence-corrected chi connectivity index (χ2v) is 8.98. The SMILES string of the molecule is CC(C)(C)OC(=O)N1CCN([C@H]2CC[C@@](C#N)(c3cccc(O)c3)CC2)CC1. The average molecular weight is 386 g/mol. The molecule has 0 aromatic heterocycles. The molecule has 1 aromatic rings. The second kappa shape index (κ2) is 8.00. The third-order valence-corrected chi connectivity index (χ3v) is 5.90. The quantitative estimate of drug-likeness (QED) is 0.841. The van der Waals surface area contributed by atoms with Crippen molar-refractivity contribution in [1.82, 2.24) is 9.80 Å². The molecule has 0 radical (unpaired) electrons. The molecule has 0 bridgehead atoms. The van der Waals surface area contributed by atoms with E-state index in [1.165, 1.54) is 0 Å². The molecule has 28 heavy (non-hydrogen) atoms. The van der Waals surface area contributed by atoms with Crippen LogP contribution in [0.2, 0.25) is 0 Å². The monoisotopic (exact) mass is 385 g/mol. The molecular formula is C22H31N3O3. The molecule has 6 nitrogen and oxygen atoms in total. The van der Waals surface area contributed by atoms with Crippen LogP contribution in [0.4, 0.5) is 4.79 Å². The van der Waals surface area contributed by atoms with Crippen molar-refractivity contribution < 1.29 is 14.6 Å². The Bertz CT molecular complexity index is 734. The number of benzene rings is 1. The summed E-state index contributed by atoms with van der Waals surface area (Å²) in [6.45, 7) is 8.71. The molecule has 0 spiro atoms. The van der Waals surface area contributed by atoms with Gasteiger partial charge in [-0.25, -0.2) is 4.79 Å². The summed E-state index contributed by atoms with van der Waals surface area (Å²) in [4.78, 5) is 16.5. The molecular weight excluding hydrogens is 354 g/mol. The molecule has 1 amide bonds. The number of amides is 1. The number of carbonyl (C=O) groups is 1. The van der Waals surface area contributed by atoms with Gasteiger partial charge in [-0.1, -0.05) is 12.1 Å². The van der Waals surface area contributed by atoms with E-state index in [1.54, 1.807) is 17.0 Å². The van der Waals surface area contributed by atoms with Crippen molar-refractivity contribution in [2.75, 3.05) is 26.2 Å². The van der Waals surface area contributed by atoms with Crippen LogP contribution in [0.15, 0.2) is 24.3 Å². The highest BCUT2D eigenvalue weighted by atomic mass is 16.6. The van der Waals surface area contributed by atoms with Crippen LogP contribution in [-0.2, 0) is 10.2 Å². The van der Waals surface area contributed by atoms with Gasteiger partial charge in [-0.3, -0.25) is 4.90 Å². The molecule has 1 heterocycles. The number of hydrogen-bond acceptors (Lipinski definition) is 5. The lowest BCUT2D eigenvalue weighted by Gasteiger charge is -2.44. The van der Waals surface area contributed by atoms with Crippen molar-refractivity contribution in [3.63, 3.8) is 0 Å². The lowest BCUT2D eigenvalue weighted by atomic mass is 9.69. The summed E-state index contributed by atoms with van der Waals surface area (Å²) in [5.74, 6) is 0.215. The number of piperazine rings is 1. The first-order valence-corrected chi connectivity index (χ1v) is 10.2. The topological polar surface area (TPSA) is 76.8 Å². The van der Waals surface area contributed by atoms with Gasteiger partial charge in [0.2, 0.25) is 0 Å². The zero-order valence-electron chi connectivity index (χ0n) is 17.1. The van der Waals surface area contributed by atoms with E-state index in [1.807, 2.05) is 32.9 Å². The van der Waals surface area contributed by atoms with Gasteiger partial charge in [-0.05, 0) is 64.2 Å². The van der Waals surface area contributed by atoms with Crippen LogP contribution in [0.3, 0.4) is 0 Å². The lowest BCUT2D eigenvalue weighted by molar-refractivity contribution is 0.00722. The molecule has 2 fully saturated rings. The third kappa shape index (κ3) is 4.59. The van der Waals surface area contributed by atoms with E-state index in [9.17, 15) is 15.2 Å². The molecule has 3 rings (SSSR count). The predicted molar refractivity (Wildman–Crippen MR) is 107 cm³/mol. The molecule has 1 N–H and O–H groups in total. The number of rotatable bonds is 2. The minimum absolute atomic E-state index is 0.215. The second-order valence-electron chi connectivity index (χ2n) is 8.98. The third-order valence-electron chi connectivity index (χ3n) is 5.90. The Morgan fingerprint density at radius 2 is 1.86 bits per heavy atom. The number of hydrogen-bond donors (Lipinski definition) is 1. The highest BCUT2D eigenvalue weighted by Gasteiger charge is 2.39. The predicted octanol–water partition coefficient (Wildman–Crippen LogP) is 3.65. The molecule has 1 saturated carbocycles. The maximum absolute atomic E-state index is 12.2. The Hall–Kier alpha value is -2.26. The summed E-state index contributed by atoms with van der Waals surface area (Å²) in [7, 11) is 0. The van der Waals surface area contributed by atoms with E-state index in [0.717, 1.165) is 44.3 Å². The van der Waals surface area contributed by atoms with Gasteiger partial charge in [-0.2, -0.15) is 5.26 Å². The largest absolute Gasteiger partial charge is 0.508 e. The average Bonchev–Trinajstić information content (AvgIpc) is 2.67. The molecule has 6 heteroatoms. The van der Waals surface area contributed by atoms with Crippen molar-refractivity contribution >= 4 is 6.09 Å². The van der Waals surface area contributed by atoms with Crippen molar-refractivity contribution in [3.8, 4) is 11.8 Å². The van der Waals surface area contributed by atoms with E-state index < -0.39 is 11.0 Å². The zero-order chi connectivity index (χ0) is 20.4. The van der Waals surface area contributed by atoms with Gasteiger partial charge in [0, 0.05) is 32.2 Å². The molecule has 1 saturated heterocycles. The minimum atomic E-state index is -0.506. The summed E-state index contributed by atoms with van der Waals surface area (Å²) in [5, 5.41) is 19.7. The Balaban J connectivity index is 1.55. The van der Waals surface area contributed by atoms with Gasteiger partial charge in [0.05, 0.1) is 11.5 Å². The van der Waals surface area contributed by atoms with Crippen LogP contribution in [0.25, 0.3) is 0 Å². The van der Waals surface area contributed by atoms with E-state index >= 15 is 0 Å². The number of phenolic OH excluding ortho intramolecular Hbond substituents is 1. The highest BCUT2D eigenvalue weighted by Crippen LogP contribution is 2.41. The van der Waals surface area contributed by atoms with E-state index in [0.29, 0.717) is 19.1 Å². The van der Waals surface area contributed by atoms with Crippen molar-refractivity contribution in [2.24, 2.45) is 0 Å². The van der Waals surface area contributed by atoms with Gasteiger partial charge in [0.1, 0.15) is 11.4 Å². The first-order valence-electron chi connectivity index (χ1n) is 10.2. The Labute approximate surface area is 167 Å². The fourth-order valence-corrected chi connectivity index (χ4v) is 4.33. The van der Waals surface area contributed by atoms with Crippen LogP contribution >= 0.6 is 0 Å². The number of aromatic hydroxyl groups is 1. The maximum Gasteiger partial charge on any atom is 0.410 e. The molecule has 152 valence electrons. The van der Waals surface area contributed by atoms with Gasteiger partial charge >= 0.3 is 6.09 Å². The molecule has 0 unspecified atom stereocenters. The van der Waals surface area contributed by atoms with Gasteiger partial charge in [0.25, 0.3) is 0 Å². The molecule has 1 aliphatic carbocycles. The summed E-state index contributed by atoms with van der Waals surface area (Å²) in [5.41, 5.74) is -0.0549. The summed E-state index contributed by atoms with van der Waals surface area (Å²) in [6.07, 6.45) is 3.27. The number of ether oxygens (including phenoxy) is 1. The van der Waals surface area contributed by atoms with Gasteiger partial charge < -0.3 is 14.7 Å². The Morgan fingerprint density at radius 1 is 1.21 bits per heavy atom. The van der Waals surface area contributed by atoms with Crippen LogP contribution in [0.1, 0.15) is 52.0 Å². The van der Waals surface area contributed by atoms with E-state index in [-0.39, 0.29) is 11.8 Å². The molecule has 0 atom stereocenters. The summed E-state index contributed by atoms with van der Waals surface area (Å²) >= 11 is 0. The molecule has 1 aliphatic heterocycles. The van der Waals surface area contributed by atoms with E-state index in [4.69, 9.17) is 4.74 Å². The first-order chi connectivity index (χ1) is 13.2. The number of phenols is 1. The van der Waals surface area contributed by atoms with Crippen molar-refractivity contribution in [1.29, 1.82) is 5.26 Å². The lowest BCUT2D eigenvalue weighted by Crippen LogP contribution is -2.54. The van der Waals surface area contributed by atoms with Gasteiger partial charge in [0.15, 0.2) is 0 Å². The van der Waals surface area contributed by atoms with Crippen LogP contribution < -0.4 is 0 Å². The maximum atomic E-state index is 12.2. The Morgan fingerprint density at radius 3 is 2.39 bits per heavy atom. The fraction of sp³-hybridized carbons (Fsp3) is 0.636. The smallest absolute Gasteiger partial charge is 0.410 e. The minimum Gasteiger partial charge on any atom is -0.508 e. The number of nitrogens with zero attached hydrogens (tertiary/aromatic N) is 3. The van der Waals surface area contributed by atoms with Crippen molar-refractivity contribution in [3.05, 3.63) is 29.8 Å². The number of nitriles is 1. The van der Waals surface area contributed by atoms with Crippen LogP contribution in [0.5, 0.6) is 5.75 Å². The summed E-state index contributed by atoms with van der Waals surface area (Å²) in [6, 6.07) is 10.1. The summed E-state index contributed by atoms with van der Waals surface area (Å²) < 4.78 is 5.47. The standard InChI is InChI=1S/C22H31N3O3/c1-21(2,3)28-20(27)25-13-11-24(12-14-25)18-7-9-22(16-23,10-8-18)17-5-4-6-19(26)15-17/h4-6,15,18,26H,7-14H2,1-3H3/t18-,22+. The van der Waals surface area contributed by atoms with Gasteiger partial charge in [-0.15, -0.1) is 0 Å². The zero-order valence-corrected chi connectivity index (χ0v) is 17.1. The van der Waals surface area contributed by atoms with Crippen LogP contribution in [0, 0.1) is 11.3 Å². The van der Waals surface area contributed by atoms with E-state index in [2.05, 4.69) is 11.0 Å². The van der Waals surface area contributed by atoms with Crippen molar-refractivity contribution in [2.45, 2.75) is 63.5 Å². The van der Waals surface area contributed by atoms with Crippen LogP contribution in [-0.4, -0.2) is 58.8 Å².